The van der Waals surface area contributed by atoms with Crippen LogP contribution in [0.4, 0.5) is 4.39 Å². The van der Waals surface area contributed by atoms with E-state index in [0.29, 0.717) is 11.3 Å². The van der Waals surface area contributed by atoms with Crippen molar-refractivity contribution in [3.8, 4) is 10.6 Å². The van der Waals surface area contributed by atoms with Crippen molar-refractivity contribution in [2.75, 3.05) is 0 Å². The summed E-state index contributed by atoms with van der Waals surface area (Å²) in [6.45, 7) is 1.66. The number of aliphatic hydroxyl groups excluding tert-OH is 1. The molecule has 0 saturated carbocycles. The fraction of sp³-hybridized carbons (Fsp3) is 0.182. The summed E-state index contributed by atoms with van der Waals surface area (Å²) in [6, 6.07) is 4.89. The van der Waals surface area contributed by atoms with Gasteiger partial charge in [-0.1, -0.05) is 0 Å². The highest BCUT2D eigenvalue weighted by atomic mass is 32.1. The first-order valence-electron chi connectivity index (χ1n) is 4.52. The Morgan fingerprint density at radius 1 is 1.47 bits per heavy atom. The lowest BCUT2D eigenvalue weighted by atomic mass is 10.1. The van der Waals surface area contributed by atoms with E-state index in [4.69, 9.17) is 5.11 Å². The predicted octanol–water partition coefficient (Wildman–Crippen LogP) is 2.75. The molecule has 2 aromatic rings. The van der Waals surface area contributed by atoms with Gasteiger partial charge in [-0.15, -0.1) is 11.3 Å². The third-order valence-electron chi connectivity index (χ3n) is 2.12. The molecular weight excluding hydrogens is 213 g/mol. The summed E-state index contributed by atoms with van der Waals surface area (Å²) >= 11 is 1.45. The molecule has 0 unspecified atom stereocenters. The quantitative estimate of drug-likeness (QED) is 0.849. The lowest BCUT2D eigenvalue weighted by Crippen LogP contribution is -1.85. The summed E-state index contributed by atoms with van der Waals surface area (Å²) in [5, 5.41) is 11.5. The minimum Gasteiger partial charge on any atom is -0.390 e. The highest BCUT2D eigenvalue weighted by molar-refractivity contribution is 7.13. The average Bonchev–Trinajstić information content (AvgIpc) is 2.70. The second kappa shape index (κ2) is 4.08. The third-order valence-corrected chi connectivity index (χ3v) is 3.06. The Morgan fingerprint density at radius 3 is 2.87 bits per heavy atom. The third kappa shape index (κ3) is 2.06. The molecule has 2 nitrogen and oxygen atoms in total. The zero-order valence-corrected chi connectivity index (χ0v) is 9.01. The van der Waals surface area contributed by atoms with E-state index in [1.54, 1.807) is 24.4 Å². The summed E-state index contributed by atoms with van der Waals surface area (Å²) in [6.07, 6.45) is 0. The Morgan fingerprint density at radius 2 is 2.27 bits per heavy atom. The average molecular weight is 223 g/mol. The molecule has 2 rings (SSSR count). The largest absolute Gasteiger partial charge is 0.390 e. The van der Waals surface area contributed by atoms with Crippen molar-refractivity contribution in [1.29, 1.82) is 0 Å². The molecule has 0 aliphatic rings. The van der Waals surface area contributed by atoms with E-state index in [1.807, 2.05) is 0 Å². The van der Waals surface area contributed by atoms with Gasteiger partial charge in [0.25, 0.3) is 0 Å². The maximum Gasteiger partial charge on any atom is 0.126 e. The molecule has 0 aliphatic heterocycles. The van der Waals surface area contributed by atoms with Crippen LogP contribution < -0.4 is 0 Å². The van der Waals surface area contributed by atoms with Gasteiger partial charge in [-0.25, -0.2) is 9.37 Å². The second-order valence-electron chi connectivity index (χ2n) is 3.27. The number of halogens is 1. The maximum atomic E-state index is 13.0. The second-order valence-corrected chi connectivity index (χ2v) is 4.12. The van der Waals surface area contributed by atoms with Crippen LogP contribution in [0, 0.1) is 12.7 Å². The minimum absolute atomic E-state index is 0.0589. The number of aromatic nitrogens is 1. The summed E-state index contributed by atoms with van der Waals surface area (Å²) in [5.74, 6) is -0.210. The fourth-order valence-electron chi connectivity index (χ4n) is 1.29. The minimum atomic E-state index is -0.210. The van der Waals surface area contributed by atoms with Gasteiger partial charge in [-0.2, -0.15) is 0 Å². The van der Waals surface area contributed by atoms with Gasteiger partial charge in [0.1, 0.15) is 10.8 Å². The molecule has 0 saturated heterocycles. The van der Waals surface area contributed by atoms with Crippen LogP contribution in [0.2, 0.25) is 0 Å². The molecule has 0 aliphatic carbocycles. The number of nitrogens with zero attached hydrogens (tertiary/aromatic N) is 1. The van der Waals surface area contributed by atoms with Crippen molar-refractivity contribution < 1.29 is 9.50 Å². The van der Waals surface area contributed by atoms with Gasteiger partial charge in [-0.05, 0) is 30.7 Å². The van der Waals surface area contributed by atoms with Crippen LogP contribution >= 0.6 is 11.3 Å². The van der Waals surface area contributed by atoms with Gasteiger partial charge in [0.15, 0.2) is 0 Å². The van der Waals surface area contributed by atoms with E-state index in [1.165, 1.54) is 17.4 Å². The number of rotatable bonds is 2. The van der Waals surface area contributed by atoms with Crippen LogP contribution in [-0.2, 0) is 6.61 Å². The van der Waals surface area contributed by atoms with Crippen molar-refractivity contribution in [3.63, 3.8) is 0 Å². The van der Waals surface area contributed by atoms with E-state index in [-0.39, 0.29) is 12.4 Å². The topological polar surface area (TPSA) is 33.1 Å². The molecule has 1 aromatic carbocycles. The van der Waals surface area contributed by atoms with Crippen LogP contribution in [0.5, 0.6) is 0 Å². The van der Waals surface area contributed by atoms with Crippen molar-refractivity contribution in [2.24, 2.45) is 0 Å². The normalized spacial score (nSPS) is 10.6. The molecule has 0 atom stereocenters. The zero-order valence-electron chi connectivity index (χ0n) is 8.20. The Hall–Kier alpha value is -1.26. The van der Waals surface area contributed by atoms with E-state index in [9.17, 15) is 4.39 Å². The van der Waals surface area contributed by atoms with E-state index in [0.717, 1.165) is 10.6 Å². The molecule has 0 spiro atoms. The van der Waals surface area contributed by atoms with Gasteiger partial charge < -0.3 is 5.11 Å². The van der Waals surface area contributed by atoms with Gasteiger partial charge in [-0.3, -0.25) is 0 Å². The van der Waals surface area contributed by atoms with Gasteiger partial charge in [0.2, 0.25) is 0 Å². The van der Waals surface area contributed by atoms with Crippen LogP contribution in [0.25, 0.3) is 10.6 Å². The van der Waals surface area contributed by atoms with E-state index in [2.05, 4.69) is 4.98 Å². The van der Waals surface area contributed by atoms with E-state index < -0.39 is 0 Å². The van der Waals surface area contributed by atoms with Crippen LogP contribution in [-0.4, -0.2) is 10.1 Å². The molecule has 1 heterocycles. The van der Waals surface area contributed by atoms with Crippen LogP contribution in [0.3, 0.4) is 0 Å². The SMILES string of the molecule is Cc1cc(-c2nc(CO)cs2)ccc1F. The zero-order chi connectivity index (χ0) is 10.8. The highest BCUT2D eigenvalue weighted by Crippen LogP contribution is 2.25. The number of aliphatic hydroxyl groups is 1. The Labute approximate surface area is 91.0 Å². The molecule has 0 radical (unpaired) electrons. The fourth-order valence-corrected chi connectivity index (χ4v) is 2.10. The molecule has 4 heteroatoms. The standard InChI is InChI=1S/C11H10FNOS/c1-7-4-8(2-3-10(7)12)11-13-9(5-14)6-15-11/h2-4,6,14H,5H2,1H3. The first-order valence-corrected chi connectivity index (χ1v) is 5.40. The lowest BCUT2D eigenvalue weighted by molar-refractivity contribution is 0.278. The summed E-state index contributed by atoms with van der Waals surface area (Å²) in [7, 11) is 0. The molecule has 0 amide bonds. The molecule has 0 bridgehead atoms. The number of hydrogen-bond acceptors (Lipinski definition) is 3. The van der Waals surface area contributed by atoms with Crippen molar-refractivity contribution in [2.45, 2.75) is 13.5 Å². The van der Waals surface area contributed by atoms with Crippen molar-refractivity contribution >= 4 is 11.3 Å². The molecule has 15 heavy (non-hydrogen) atoms. The Balaban J connectivity index is 2.40. The maximum absolute atomic E-state index is 13.0. The van der Waals surface area contributed by atoms with Crippen LogP contribution in [0.1, 0.15) is 11.3 Å². The van der Waals surface area contributed by atoms with Gasteiger partial charge in [0.05, 0.1) is 12.3 Å². The molecule has 78 valence electrons. The van der Waals surface area contributed by atoms with Gasteiger partial charge >= 0.3 is 0 Å². The monoisotopic (exact) mass is 223 g/mol. The van der Waals surface area contributed by atoms with Gasteiger partial charge in [0, 0.05) is 10.9 Å². The Kier molecular flexibility index (Phi) is 2.79. The number of thiazole rings is 1. The molecule has 1 N–H and O–H groups in total. The molecular formula is C11H10FNOS. The summed E-state index contributed by atoms with van der Waals surface area (Å²) < 4.78 is 13.0. The van der Waals surface area contributed by atoms with Crippen LogP contribution in [0.15, 0.2) is 23.6 Å². The molecule has 1 aromatic heterocycles. The van der Waals surface area contributed by atoms with Crippen molar-refractivity contribution in [1.82, 2.24) is 4.98 Å². The summed E-state index contributed by atoms with van der Waals surface area (Å²) in [4.78, 5) is 4.22. The van der Waals surface area contributed by atoms with Crippen molar-refractivity contribution in [3.05, 3.63) is 40.7 Å². The number of aryl methyl sites for hydroxylation is 1. The van der Waals surface area contributed by atoms with E-state index >= 15 is 0 Å². The predicted molar refractivity (Wildman–Crippen MR) is 58.2 cm³/mol. The first-order chi connectivity index (χ1) is 7.20. The first kappa shape index (κ1) is 10.3. The lowest BCUT2D eigenvalue weighted by Gasteiger charge is -1.99. The number of benzene rings is 1. The molecule has 0 fully saturated rings. The smallest absolute Gasteiger partial charge is 0.126 e. The highest BCUT2D eigenvalue weighted by Gasteiger charge is 2.05. The number of hydrogen-bond donors (Lipinski definition) is 1. The summed E-state index contributed by atoms with van der Waals surface area (Å²) in [5.41, 5.74) is 2.14. The Bertz CT molecular complexity index is 481.